The van der Waals surface area contributed by atoms with Gasteiger partial charge in [-0.05, 0) is 62.4 Å². The van der Waals surface area contributed by atoms with Crippen LogP contribution in [0.25, 0.3) is 0 Å². The fourth-order valence-electron chi connectivity index (χ4n) is 4.35. The summed E-state index contributed by atoms with van der Waals surface area (Å²) in [6.07, 6.45) is 2.44. The molecule has 2 rings (SSSR count). The number of rotatable bonds is 14. The number of unbranched alkanes of at least 4 members (excludes halogenated alkanes) is 2. The lowest BCUT2D eigenvalue weighted by Crippen LogP contribution is -2.54. The second-order valence-electron chi connectivity index (χ2n) is 11.1. The zero-order valence-electron chi connectivity index (χ0n) is 25.6. The van der Waals surface area contributed by atoms with Crippen molar-refractivity contribution in [3.8, 4) is 5.75 Å². The lowest BCUT2D eigenvalue weighted by Gasteiger charge is -2.34. The van der Waals surface area contributed by atoms with Crippen LogP contribution in [0.1, 0.15) is 76.6 Å². The molecule has 230 valence electrons. The molecule has 2 aromatic rings. The average molecular weight is 584 g/mol. The Morgan fingerprint density at radius 1 is 0.929 bits per heavy atom. The van der Waals surface area contributed by atoms with Gasteiger partial charge in [-0.15, -0.1) is 0 Å². The standard InChI is InChI=1S/C32H45N3O7/c1-7-9-10-19-35(28(29(38)33-21-27(37)41-6)24-15-11-22(8-2)12-16-24)30(39)26(34-31(40)42-32(3,4)5)20-23-13-17-25(36)18-14-23/h11-18,26,28,36H,7-10,19-21H2,1-6H3,(H,33,38)(H,34,40). The molecule has 2 atom stereocenters. The topological polar surface area (TPSA) is 134 Å². The Morgan fingerprint density at radius 3 is 2.10 bits per heavy atom. The van der Waals surface area contributed by atoms with Gasteiger partial charge in [0.1, 0.15) is 30.0 Å². The Hall–Kier alpha value is -4.08. The zero-order chi connectivity index (χ0) is 31.3. The summed E-state index contributed by atoms with van der Waals surface area (Å²) in [5.74, 6) is -1.58. The van der Waals surface area contributed by atoms with Crippen molar-refractivity contribution in [2.24, 2.45) is 0 Å². The Morgan fingerprint density at radius 2 is 1.55 bits per heavy atom. The molecule has 0 aliphatic rings. The molecule has 0 radical (unpaired) electrons. The minimum absolute atomic E-state index is 0.0702. The van der Waals surface area contributed by atoms with Crippen LogP contribution in [-0.4, -0.2) is 65.7 Å². The molecule has 3 amide bonds. The third kappa shape index (κ3) is 11.1. The van der Waals surface area contributed by atoms with Crippen LogP contribution in [0.3, 0.4) is 0 Å². The number of aryl methyl sites for hydroxylation is 1. The van der Waals surface area contributed by atoms with Gasteiger partial charge in [0.2, 0.25) is 11.8 Å². The predicted molar refractivity (Wildman–Crippen MR) is 160 cm³/mol. The number of nitrogens with one attached hydrogen (secondary N) is 2. The Kier molecular flexibility index (Phi) is 13.3. The van der Waals surface area contributed by atoms with E-state index in [0.29, 0.717) is 17.5 Å². The molecule has 10 nitrogen and oxygen atoms in total. The highest BCUT2D eigenvalue weighted by atomic mass is 16.6. The maximum absolute atomic E-state index is 14.4. The number of benzene rings is 2. The van der Waals surface area contributed by atoms with E-state index < -0.39 is 41.6 Å². The third-order valence-corrected chi connectivity index (χ3v) is 6.55. The molecular formula is C32H45N3O7. The highest BCUT2D eigenvalue weighted by molar-refractivity contribution is 5.93. The van der Waals surface area contributed by atoms with E-state index >= 15 is 0 Å². The normalized spacial score (nSPS) is 12.5. The molecule has 10 heteroatoms. The monoisotopic (exact) mass is 583 g/mol. The van der Waals surface area contributed by atoms with Gasteiger partial charge < -0.3 is 30.1 Å². The van der Waals surface area contributed by atoms with Crippen molar-refractivity contribution >= 4 is 23.9 Å². The number of carbonyl (C=O) groups is 4. The summed E-state index contributed by atoms with van der Waals surface area (Å²) in [7, 11) is 1.23. The third-order valence-electron chi connectivity index (χ3n) is 6.55. The number of hydrogen-bond donors (Lipinski definition) is 3. The van der Waals surface area contributed by atoms with Crippen LogP contribution in [0.4, 0.5) is 4.79 Å². The van der Waals surface area contributed by atoms with Gasteiger partial charge in [-0.3, -0.25) is 14.4 Å². The second kappa shape index (κ2) is 16.4. The highest BCUT2D eigenvalue weighted by Gasteiger charge is 2.36. The van der Waals surface area contributed by atoms with Crippen molar-refractivity contribution < 1.29 is 33.8 Å². The van der Waals surface area contributed by atoms with Crippen molar-refractivity contribution in [2.45, 2.75) is 84.4 Å². The van der Waals surface area contributed by atoms with E-state index in [4.69, 9.17) is 4.74 Å². The van der Waals surface area contributed by atoms with Crippen molar-refractivity contribution in [2.75, 3.05) is 20.2 Å². The van der Waals surface area contributed by atoms with E-state index in [9.17, 15) is 24.3 Å². The summed E-state index contributed by atoms with van der Waals surface area (Å²) in [6.45, 7) is 9.11. The summed E-state index contributed by atoms with van der Waals surface area (Å²) in [5.41, 5.74) is 1.52. The van der Waals surface area contributed by atoms with Gasteiger partial charge in [0.25, 0.3) is 0 Å². The van der Waals surface area contributed by atoms with Gasteiger partial charge in [-0.2, -0.15) is 0 Å². The van der Waals surface area contributed by atoms with Crippen molar-refractivity contribution in [1.82, 2.24) is 15.5 Å². The average Bonchev–Trinajstić information content (AvgIpc) is 2.95. The van der Waals surface area contributed by atoms with Crippen LogP contribution in [0.5, 0.6) is 5.75 Å². The first-order valence-corrected chi connectivity index (χ1v) is 14.4. The van der Waals surface area contributed by atoms with Crippen LogP contribution in [0, 0.1) is 0 Å². The summed E-state index contributed by atoms with van der Waals surface area (Å²) in [5, 5.41) is 15.1. The fraction of sp³-hybridized carbons (Fsp3) is 0.500. The summed E-state index contributed by atoms with van der Waals surface area (Å²) in [4.78, 5) is 54.2. The van der Waals surface area contributed by atoms with Crippen LogP contribution < -0.4 is 10.6 Å². The lowest BCUT2D eigenvalue weighted by atomic mass is 9.98. The van der Waals surface area contributed by atoms with Gasteiger partial charge in [-0.25, -0.2) is 4.79 Å². The molecule has 0 aromatic heterocycles. The van der Waals surface area contributed by atoms with Crippen molar-refractivity contribution in [1.29, 1.82) is 0 Å². The first-order chi connectivity index (χ1) is 19.9. The summed E-state index contributed by atoms with van der Waals surface area (Å²) in [6, 6.07) is 11.6. The largest absolute Gasteiger partial charge is 0.508 e. The minimum Gasteiger partial charge on any atom is -0.508 e. The number of carbonyl (C=O) groups excluding carboxylic acids is 4. The summed E-state index contributed by atoms with van der Waals surface area (Å²) < 4.78 is 10.1. The van der Waals surface area contributed by atoms with E-state index in [2.05, 4.69) is 15.4 Å². The number of alkyl carbamates (subject to hydrolysis) is 1. The van der Waals surface area contributed by atoms with Gasteiger partial charge in [-0.1, -0.05) is 63.1 Å². The lowest BCUT2D eigenvalue weighted by molar-refractivity contribution is -0.144. The molecule has 0 aliphatic carbocycles. The van der Waals surface area contributed by atoms with E-state index in [1.807, 2.05) is 26.0 Å². The van der Waals surface area contributed by atoms with Crippen molar-refractivity contribution in [3.63, 3.8) is 0 Å². The maximum atomic E-state index is 14.4. The Bertz CT molecular complexity index is 1170. The highest BCUT2D eigenvalue weighted by Crippen LogP contribution is 2.25. The second-order valence-corrected chi connectivity index (χ2v) is 11.1. The quantitative estimate of drug-likeness (QED) is 0.221. The van der Waals surface area contributed by atoms with Gasteiger partial charge >= 0.3 is 12.1 Å². The molecule has 2 unspecified atom stereocenters. The molecule has 2 aromatic carbocycles. The molecule has 3 N–H and O–H groups in total. The minimum atomic E-state index is -1.09. The van der Waals surface area contributed by atoms with E-state index in [1.54, 1.807) is 45.0 Å². The first-order valence-electron chi connectivity index (χ1n) is 14.4. The van der Waals surface area contributed by atoms with E-state index in [1.165, 1.54) is 24.1 Å². The number of phenolic OH excluding ortho intramolecular Hbond substituents is 1. The number of ether oxygens (including phenoxy) is 2. The number of aromatic hydroxyl groups is 1. The molecule has 0 bridgehead atoms. The number of amides is 3. The Balaban J connectivity index is 2.56. The molecule has 0 spiro atoms. The number of nitrogens with zero attached hydrogens (tertiary/aromatic N) is 1. The van der Waals surface area contributed by atoms with Crippen molar-refractivity contribution in [3.05, 3.63) is 65.2 Å². The fourth-order valence-corrected chi connectivity index (χ4v) is 4.35. The van der Waals surface area contributed by atoms with Gasteiger partial charge in [0.15, 0.2) is 0 Å². The molecule has 0 heterocycles. The number of esters is 1. The molecule has 42 heavy (non-hydrogen) atoms. The molecule has 0 aliphatic heterocycles. The van der Waals surface area contributed by atoms with E-state index in [-0.39, 0.29) is 25.3 Å². The summed E-state index contributed by atoms with van der Waals surface area (Å²) >= 11 is 0. The predicted octanol–water partition coefficient (Wildman–Crippen LogP) is 4.44. The van der Waals surface area contributed by atoms with Crippen LogP contribution in [0.2, 0.25) is 0 Å². The molecular weight excluding hydrogens is 538 g/mol. The van der Waals surface area contributed by atoms with E-state index in [0.717, 1.165) is 24.8 Å². The van der Waals surface area contributed by atoms with Gasteiger partial charge in [0.05, 0.1) is 7.11 Å². The Labute approximate surface area is 248 Å². The smallest absolute Gasteiger partial charge is 0.408 e. The zero-order valence-corrected chi connectivity index (χ0v) is 25.6. The number of methoxy groups -OCH3 is 1. The number of hydrogen-bond acceptors (Lipinski definition) is 7. The van der Waals surface area contributed by atoms with Crippen LogP contribution in [0.15, 0.2) is 48.5 Å². The number of phenols is 1. The first kappa shape index (κ1) is 34.1. The van der Waals surface area contributed by atoms with Gasteiger partial charge in [0, 0.05) is 13.0 Å². The molecule has 0 saturated carbocycles. The van der Waals surface area contributed by atoms with Crippen LogP contribution in [-0.2, 0) is 36.7 Å². The molecule has 0 saturated heterocycles. The van der Waals surface area contributed by atoms with Crippen LogP contribution >= 0.6 is 0 Å². The molecule has 0 fully saturated rings. The maximum Gasteiger partial charge on any atom is 0.408 e. The SMILES string of the molecule is CCCCCN(C(=O)C(Cc1ccc(O)cc1)NC(=O)OC(C)(C)C)C(C(=O)NCC(=O)OC)c1ccc(CC)cc1.